The van der Waals surface area contributed by atoms with Gasteiger partial charge in [0.2, 0.25) is 5.91 Å². The summed E-state index contributed by atoms with van der Waals surface area (Å²) in [7, 11) is 0. The van der Waals surface area contributed by atoms with E-state index in [-0.39, 0.29) is 18.5 Å². The third kappa shape index (κ3) is 67.3. The Kier molecular flexibility index (Phi) is 69.4. The van der Waals surface area contributed by atoms with Crippen molar-refractivity contribution in [1.29, 1.82) is 0 Å². The number of hydrogen-bond donors (Lipinski definition) is 3. The minimum absolute atomic E-state index is 0.0183. The summed E-state index contributed by atoms with van der Waals surface area (Å²) in [5.41, 5.74) is 0. The highest BCUT2D eigenvalue weighted by Crippen LogP contribution is 2.19. The van der Waals surface area contributed by atoms with Crippen molar-refractivity contribution < 1.29 is 24.5 Å². The molecule has 2 atom stereocenters. The molecule has 0 radical (unpaired) electrons. The summed E-state index contributed by atoms with van der Waals surface area (Å²) in [6, 6.07) is -0.628. The molecule has 0 saturated heterocycles. The molecule has 0 saturated carbocycles. The molecule has 1 amide bonds. The van der Waals surface area contributed by atoms with E-state index in [1.165, 1.54) is 353 Å². The van der Waals surface area contributed by atoms with Crippen molar-refractivity contribution in [2.75, 3.05) is 13.2 Å². The minimum Gasteiger partial charge on any atom is -0.466 e. The average molecular weight is 1140 g/mol. The Bertz CT molecular complexity index is 1270. The molecule has 6 heteroatoms. The van der Waals surface area contributed by atoms with Gasteiger partial charge in [0.15, 0.2) is 0 Å². The smallest absolute Gasteiger partial charge is 0.305 e. The van der Waals surface area contributed by atoms with Gasteiger partial charge in [-0.25, -0.2) is 0 Å². The number of aliphatic hydroxyl groups is 2. The first kappa shape index (κ1) is 79.3. The van der Waals surface area contributed by atoms with Crippen molar-refractivity contribution in [3.05, 3.63) is 24.3 Å². The summed E-state index contributed by atoms with van der Waals surface area (Å²) in [5.74, 6) is -0.0436. The van der Waals surface area contributed by atoms with E-state index in [2.05, 4.69) is 31.3 Å². The Morgan fingerprint density at radius 3 is 0.877 bits per heavy atom. The van der Waals surface area contributed by atoms with Gasteiger partial charge in [0, 0.05) is 12.8 Å². The Balaban J connectivity index is 3.39. The molecule has 0 aliphatic heterocycles. The number of carbonyl (C=O) groups excluding carboxylic acids is 2. The summed E-state index contributed by atoms with van der Waals surface area (Å²) >= 11 is 0. The highest BCUT2D eigenvalue weighted by atomic mass is 16.5. The van der Waals surface area contributed by atoms with Gasteiger partial charge in [-0.3, -0.25) is 9.59 Å². The van der Waals surface area contributed by atoms with Crippen LogP contribution in [0.5, 0.6) is 0 Å². The third-order valence-electron chi connectivity index (χ3n) is 17.5. The lowest BCUT2D eigenvalue weighted by Gasteiger charge is -2.20. The molecule has 0 spiro atoms. The standard InChI is InChI=1S/C75H145NO5/c1-3-5-7-9-11-13-15-17-18-19-20-21-32-35-38-41-44-47-51-55-59-63-67-73(78)72(71-77)76-74(79)68-64-60-56-52-48-45-42-39-36-33-30-28-26-24-22-23-25-27-29-31-34-37-40-43-46-50-54-58-62-66-70-81-75(80)69-65-61-57-53-49-16-14-12-10-8-6-4-2/h23,25,63,67,72-73,77-78H,3-22,24,26-62,64-66,68-71H2,1-2H3,(H,76,79)/b25-23-,67-63+. The number of aliphatic hydroxyl groups excluding tert-OH is 2. The molecule has 81 heavy (non-hydrogen) atoms. The Morgan fingerprint density at radius 1 is 0.333 bits per heavy atom. The SMILES string of the molecule is CCCCCCCCCCCCCCCCCCCCCC/C=C/C(O)C(CO)NC(=O)CCCCCCCCCCCCCCCC/C=C\CCCCCCCCCCCCCCOC(=O)CCCCCCCCCCCCCC. The van der Waals surface area contributed by atoms with Crippen LogP contribution in [0.2, 0.25) is 0 Å². The number of unbranched alkanes of at least 4 members (excludes halogenated alkanes) is 57. The molecule has 0 heterocycles. The van der Waals surface area contributed by atoms with Crippen LogP contribution >= 0.6 is 0 Å². The molecule has 0 fully saturated rings. The van der Waals surface area contributed by atoms with Crippen LogP contribution in [0.3, 0.4) is 0 Å². The van der Waals surface area contributed by atoms with Crippen LogP contribution in [0.15, 0.2) is 24.3 Å². The lowest BCUT2D eigenvalue weighted by Crippen LogP contribution is -2.45. The van der Waals surface area contributed by atoms with Crippen LogP contribution in [-0.4, -0.2) is 47.4 Å². The molecule has 0 aliphatic carbocycles. The van der Waals surface area contributed by atoms with Gasteiger partial charge in [0.25, 0.3) is 0 Å². The largest absolute Gasteiger partial charge is 0.466 e. The number of carbonyl (C=O) groups is 2. The van der Waals surface area contributed by atoms with Gasteiger partial charge in [-0.2, -0.15) is 0 Å². The minimum atomic E-state index is -0.844. The Hall–Kier alpha value is -1.66. The lowest BCUT2D eigenvalue weighted by molar-refractivity contribution is -0.143. The zero-order valence-corrected chi connectivity index (χ0v) is 55.0. The topological polar surface area (TPSA) is 95.9 Å². The molecule has 6 nitrogen and oxygen atoms in total. The molecule has 2 unspecified atom stereocenters. The maximum Gasteiger partial charge on any atom is 0.305 e. The number of esters is 1. The predicted molar refractivity (Wildman–Crippen MR) is 356 cm³/mol. The van der Waals surface area contributed by atoms with Gasteiger partial charge in [0.05, 0.1) is 25.4 Å². The summed E-state index contributed by atoms with van der Waals surface area (Å²) in [5, 5.41) is 23.3. The first-order valence-electron chi connectivity index (χ1n) is 37.1. The highest BCUT2D eigenvalue weighted by molar-refractivity contribution is 5.76. The van der Waals surface area contributed by atoms with Crippen molar-refractivity contribution in [1.82, 2.24) is 5.32 Å². The molecule has 0 aliphatic rings. The molecule has 0 bridgehead atoms. The van der Waals surface area contributed by atoms with E-state index >= 15 is 0 Å². The van der Waals surface area contributed by atoms with Crippen LogP contribution in [-0.2, 0) is 14.3 Å². The summed E-state index contributed by atoms with van der Waals surface area (Å²) in [4.78, 5) is 24.6. The van der Waals surface area contributed by atoms with E-state index in [1.807, 2.05) is 6.08 Å². The Morgan fingerprint density at radius 2 is 0.580 bits per heavy atom. The molecular formula is C75H145NO5. The summed E-state index contributed by atoms with van der Waals surface area (Å²) in [6.07, 6.45) is 89.9. The molecule has 3 N–H and O–H groups in total. The molecule has 0 rings (SSSR count). The van der Waals surface area contributed by atoms with Crippen LogP contribution in [0.1, 0.15) is 418 Å². The first-order valence-corrected chi connectivity index (χ1v) is 37.1. The first-order chi connectivity index (χ1) is 40.0. The highest BCUT2D eigenvalue weighted by Gasteiger charge is 2.18. The van der Waals surface area contributed by atoms with E-state index in [9.17, 15) is 19.8 Å². The molecule has 0 aromatic carbocycles. The Labute approximate surface area is 507 Å². The second kappa shape index (κ2) is 70.8. The number of amides is 1. The van der Waals surface area contributed by atoms with Gasteiger partial charge in [-0.15, -0.1) is 0 Å². The third-order valence-corrected chi connectivity index (χ3v) is 17.5. The van der Waals surface area contributed by atoms with Crippen molar-refractivity contribution in [3.8, 4) is 0 Å². The number of allylic oxidation sites excluding steroid dienone is 3. The average Bonchev–Trinajstić information content (AvgIpc) is 3.47. The fraction of sp³-hybridized carbons (Fsp3) is 0.920. The quantitative estimate of drug-likeness (QED) is 0.0320. The van der Waals surface area contributed by atoms with Crippen LogP contribution < -0.4 is 5.32 Å². The number of nitrogens with one attached hydrogen (secondary N) is 1. The monoisotopic (exact) mass is 1140 g/mol. The fourth-order valence-corrected chi connectivity index (χ4v) is 11.8. The van der Waals surface area contributed by atoms with Gasteiger partial charge in [-0.1, -0.05) is 372 Å². The second-order valence-corrected chi connectivity index (χ2v) is 25.6. The van der Waals surface area contributed by atoms with Crippen molar-refractivity contribution in [2.24, 2.45) is 0 Å². The zero-order chi connectivity index (χ0) is 58.5. The van der Waals surface area contributed by atoms with Crippen molar-refractivity contribution in [2.45, 2.75) is 431 Å². The number of hydrogen-bond acceptors (Lipinski definition) is 5. The maximum atomic E-state index is 12.5. The van der Waals surface area contributed by atoms with Gasteiger partial charge < -0.3 is 20.3 Å². The predicted octanol–water partition coefficient (Wildman–Crippen LogP) is 24.1. The van der Waals surface area contributed by atoms with E-state index in [0.29, 0.717) is 19.4 Å². The van der Waals surface area contributed by atoms with Gasteiger partial charge >= 0.3 is 5.97 Å². The van der Waals surface area contributed by atoms with Crippen LogP contribution in [0, 0.1) is 0 Å². The molecule has 0 aromatic heterocycles. The van der Waals surface area contributed by atoms with E-state index in [0.717, 1.165) is 38.5 Å². The molecule has 0 aromatic rings. The van der Waals surface area contributed by atoms with Gasteiger partial charge in [0.1, 0.15) is 0 Å². The normalized spacial score (nSPS) is 12.6. The number of rotatable bonds is 70. The summed E-state index contributed by atoms with van der Waals surface area (Å²) < 4.78 is 5.48. The van der Waals surface area contributed by atoms with Crippen molar-refractivity contribution >= 4 is 11.9 Å². The zero-order valence-electron chi connectivity index (χ0n) is 55.0. The van der Waals surface area contributed by atoms with Crippen LogP contribution in [0.4, 0.5) is 0 Å². The number of ether oxygens (including phenoxy) is 1. The molecular weight excluding hydrogens is 995 g/mol. The van der Waals surface area contributed by atoms with E-state index in [4.69, 9.17) is 4.74 Å². The maximum absolute atomic E-state index is 12.5. The second-order valence-electron chi connectivity index (χ2n) is 25.6. The lowest BCUT2D eigenvalue weighted by atomic mass is 10.0. The summed E-state index contributed by atoms with van der Waals surface area (Å²) in [6.45, 7) is 4.95. The van der Waals surface area contributed by atoms with Gasteiger partial charge in [-0.05, 0) is 57.8 Å². The fourth-order valence-electron chi connectivity index (χ4n) is 11.8. The van der Waals surface area contributed by atoms with E-state index < -0.39 is 12.1 Å². The van der Waals surface area contributed by atoms with E-state index in [1.54, 1.807) is 6.08 Å². The van der Waals surface area contributed by atoms with Crippen LogP contribution in [0.25, 0.3) is 0 Å². The van der Waals surface area contributed by atoms with Crippen molar-refractivity contribution in [3.63, 3.8) is 0 Å². The molecule has 480 valence electrons.